The van der Waals surface area contributed by atoms with E-state index in [1.165, 1.54) is 0 Å². The third kappa shape index (κ3) is 5.10. The van der Waals surface area contributed by atoms with Gasteiger partial charge in [-0.3, -0.25) is 0 Å². The quantitative estimate of drug-likeness (QED) is 0.293. The summed E-state index contributed by atoms with van der Waals surface area (Å²) < 4.78 is 5.47. The molecule has 0 aliphatic carbocycles. The molecular weight excluding hydrogens is 218 g/mol. The van der Waals surface area contributed by atoms with Crippen LogP contribution < -0.4 is 15.8 Å². The second kappa shape index (κ2) is 7.38. The smallest absolute Gasteiger partial charge is 0.140 e. The van der Waals surface area contributed by atoms with Crippen molar-refractivity contribution in [1.82, 2.24) is 0 Å². The molecule has 1 aromatic carbocycles. The van der Waals surface area contributed by atoms with Gasteiger partial charge in [-0.25, -0.2) is 0 Å². The van der Waals surface area contributed by atoms with Crippen LogP contribution >= 0.6 is 0 Å². The lowest BCUT2D eigenvalue weighted by atomic mass is 10.3. The molecule has 1 aromatic rings. The molecule has 4 N–H and O–H groups in total. The molecule has 0 aromatic heterocycles. The molecular formula is C12H19N3O2. The van der Waals surface area contributed by atoms with Gasteiger partial charge in [0.2, 0.25) is 0 Å². The molecule has 0 fully saturated rings. The SMILES string of the molecule is CCCOc1ccc(NCCC(N)=NO)cc1. The Hall–Kier alpha value is -1.91. The fraction of sp³-hybridized carbons (Fsp3) is 0.417. The molecule has 5 heteroatoms. The summed E-state index contributed by atoms with van der Waals surface area (Å²) in [5.41, 5.74) is 6.34. The lowest BCUT2D eigenvalue weighted by Crippen LogP contribution is -2.16. The minimum Gasteiger partial charge on any atom is -0.494 e. The summed E-state index contributed by atoms with van der Waals surface area (Å²) in [4.78, 5) is 0. The highest BCUT2D eigenvalue weighted by Crippen LogP contribution is 2.15. The first-order valence-corrected chi connectivity index (χ1v) is 5.69. The number of oxime groups is 1. The average Bonchev–Trinajstić information content (AvgIpc) is 2.37. The van der Waals surface area contributed by atoms with Crippen LogP contribution in [0.15, 0.2) is 29.4 Å². The standard InChI is InChI=1S/C12H19N3O2/c1-2-9-17-11-5-3-10(4-6-11)14-8-7-12(13)15-16/h3-6,14,16H,2,7-9H2,1H3,(H2,13,15). The molecule has 1 rings (SSSR count). The Kier molecular flexibility index (Phi) is 5.71. The summed E-state index contributed by atoms with van der Waals surface area (Å²) in [5, 5.41) is 14.4. The summed E-state index contributed by atoms with van der Waals surface area (Å²) in [6.45, 7) is 3.43. The van der Waals surface area contributed by atoms with Gasteiger partial charge in [-0.05, 0) is 30.7 Å². The van der Waals surface area contributed by atoms with Gasteiger partial charge in [-0.2, -0.15) is 0 Å². The Labute approximate surface area is 101 Å². The first kappa shape index (κ1) is 13.2. The van der Waals surface area contributed by atoms with Gasteiger partial charge in [0.15, 0.2) is 0 Å². The summed E-state index contributed by atoms with van der Waals surface area (Å²) in [6.07, 6.45) is 1.50. The number of anilines is 1. The van der Waals surface area contributed by atoms with Crippen molar-refractivity contribution in [2.24, 2.45) is 10.9 Å². The summed E-state index contributed by atoms with van der Waals surface area (Å²) >= 11 is 0. The monoisotopic (exact) mass is 237 g/mol. The molecule has 0 radical (unpaired) electrons. The number of hydrogen-bond donors (Lipinski definition) is 3. The van der Waals surface area contributed by atoms with E-state index in [0.717, 1.165) is 24.5 Å². The molecule has 0 unspecified atom stereocenters. The van der Waals surface area contributed by atoms with Crippen molar-refractivity contribution in [3.05, 3.63) is 24.3 Å². The van der Waals surface area contributed by atoms with Crippen LogP contribution in [0.4, 0.5) is 5.69 Å². The van der Waals surface area contributed by atoms with Crippen molar-refractivity contribution in [2.45, 2.75) is 19.8 Å². The second-order valence-corrected chi connectivity index (χ2v) is 3.64. The molecule has 5 nitrogen and oxygen atoms in total. The van der Waals surface area contributed by atoms with E-state index in [4.69, 9.17) is 15.7 Å². The van der Waals surface area contributed by atoms with Crippen LogP contribution in [0.2, 0.25) is 0 Å². The van der Waals surface area contributed by atoms with E-state index in [2.05, 4.69) is 17.4 Å². The van der Waals surface area contributed by atoms with Gasteiger partial charge in [0.05, 0.1) is 6.61 Å². The van der Waals surface area contributed by atoms with Crippen LogP contribution in [0.5, 0.6) is 5.75 Å². The molecule has 0 atom stereocenters. The van der Waals surface area contributed by atoms with Crippen molar-refractivity contribution >= 4 is 11.5 Å². The van der Waals surface area contributed by atoms with Gasteiger partial charge < -0.3 is 21.0 Å². The van der Waals surface area contributed by atoms with E-state index in [0.29, 0.717) is 13.0 Å². The number of amidine groups is 1. The zero-order valence-corrected chi connectivity index (χ0v) is 10.0. The number of benzene rings is 1. The Morgan fingerprint density at radius 2 is 2.12 bits per heavy atom. The van der Waals surface area contributed by atoms with E-state index < -0.39 is 0 Å². The highest BCUT2D eigenvalue weighted by Gasteiger charge is 1.96. The molecule has 0 heterocycles. The van der Waals surface area contributed by atoms with Crippen molar-refractivity contribution in [1.29, 1.82) is 0 Å². The van der Waals surface area contributed by atoms with Crippen molar-refractivity contribution in [3.63, 3.8) is 0 Å². The van der Waals surface area contributed by atoms with Gasteiger partial charge in [0.1, 0.15) is 11.6 Å². The fourth-order valence-corrected chi connectivity index (χ4v) is 1.27. The maximum Gasteiger partial charge on any atom is 0.140 e. The molecule has 94 valence electrons. The zero-order valence-electron chi connectivity index (χ0n) is 10.0. The molecule has 0 spiro atoms. The summed E-state index contributed by atoms with van der Waals surface area (Å²) in [5.74, 6) is 1.09. The van der Waals surface area contributed by atoms with Gasteiger partial charge in [-0.1, -0.05) is 12.1 Å². The Bertz CT molecular complexity index is 349. The maximum atomic E-state index is 8.37. The van der Waals surface area contributed by atoms with Crippen molar-refractivity contribution in [3.8, 4) is 5.75 Å². The van der Waals surface area contributed by atoms with Crippen LogP contribution in [-0.4, -0.2) is 24.2 Å². The second-order valence-electron chi connectivity index (χ2n) is 3.64. The van der Waals surface area contributed by atoms with Crippen LogP contribution in [0, 0.1) is 0 Å². The van der Waals surface area contributed by atoms with E-state index in [1.54, 1.807) is 0 Å². The third-order valence-electron chi connectivity index (χ3n) is 2.17. The van der Waals surface area contributed by atoms with Crippen LogP contribution in [0.25, 0.3) is 0 Å². The van der Waals surface area contributed by atoms with E-state index in [1.807, 2.05) is 24.3 Å². The number of rotatable bonds is 7. The van der Waals surface area contributed by atoms with E-state index in [9.17, 15) is 0 Å². The minimum absolute atomic E-state index is 0.223. The predicted molar refractivity (Wildman–Crippen MR) is 68.7 cm³/mol. The van der Waals surface area contributed by atoms with Gasteiger partial charge in [0, 0.05) is 18.7 Å². The number of hydrogen-bond acceptors (Lipinski definition) is 4. The summed E-state index contributed by atoms with van der Waals surface area (Å²) in [6, 6.07) is 7.72. The molecule has 17 heavy (non-hydrogen) atoms. The number of nitrogens with one attached hydrogen (secondary N) is 1. The van der Waals surface area contributed by atoms with E-state index in [-0.39, 0.29) is 5.84 Å². The summed E-state index contributed by atoms with van der Waals surface area (Å²) in [7, 11) is 0. The fourth-order valence-electron chi connectivity index (χ4n) is 1.27. The van der Waals surface area contributed by atoms with Crippen molar-refractivity contribution in [2.75, 3.05) is 18.5 Å². The molecule has 0 saturated heterocycles. The minimum atomic E-state index is 0.223. The highest BCUT2D eigenvalue weighted by atomic mass is 16.5. The number of nitrogens with zero attached hydrogens (tertiary/aromatic N) is 1. The average molecular weight is 237 g/mol. The maximum absolute atomic E-state index is 8.37. The lowest BCUT2D eigenvalue weighted by molar-refractivity contribution is 0.317. The molecule has 0 aliphatic rings. The molecule has 0 aliphatic heterocycles. The Balaban J connectivity index is 2.35. The number of nitrogens with two attached hydrogens (primary N) is 1. The van der Waals surface area contributed by atoms with Crippen molar-refractivity contribution < 1.29 is 9.94 Å². The highest BCUT2D eigenvalue weighted by molar-refractivity contribution is 5.80. The van der Waals surface area contributed by atoms with Crippen LogP contribution in [-0.2, 0) is 0 Å². The third-order valence-corrected chi connectivity index (χ3v) is 2.17. The molecule has 0 saturated carbocycles. The molecule has 0 bridgehead atoms. The van der Waals surface area contributed by atoms with Crippen LogP contribution in [0.1, 0.15) is 19.8 Å². The zero-order chi connectivity index (χ0) is 12.5. The van der Waals surface area contributed by atoms with E-state index >= 15 is 0 Å². The normalized spacial score (nSPS) is 11.2. The van der Waals surface area contributed by atoms with Crippen LogP contribution in [0.3, 0.4) is 0 Å². The van der Waals surface area contributed by atoms with Gasteiger partial charge >= 0.3 is 0 Å². The Morgan fingerprint density at radius 3 is 2.71 bits per heavy atom. The van der Waals surface area contributed by atoms with Gasteiger partial charge in [0.25, 0.3) is 0 Å². The van der Waals surface area contributed by atoms with Gasteiger partial charge in [-0.15, -0.1) is 0 Å². The first-order chi connectivity index (χ1) is 8.26. The predicted octanol–water partition coefficient (Wildman–Crippen LogP) is 2.02. The lowest BCUT2D eigenvalue weighted by Gasteiger charge is -2.08. The number of ether oxygens (including phenoxy) is 1. The largest absolute Gasteiger partial charge is 0.494 e. The molecule has 0 amide bonds. The Morgan fingerprint density at radius 1 is 1.41 bits per heavy atom. The first-order valence-electron chi connectivity index (χ1n) is 5.69. The topological polar surface area (TPSA) is 79.9 Å².